The lowest BCUT2D eigenvalue weighted by atomic mass is 10.5. The molecule has 0 atom stereocenters. The molecule has 0 bridgehead atoms. The highest BCUT2D eigenvalue weighted by Crippen LogP contribution is 1.77. The maximum atomic E-state index is 5.10. The van der Waals surface area contributed by atoms with Gasteiger partial charge in [0.05, 0.1) is 19.8 Å². The highest BCUT2D eigenvalue weighted by Gasteiger charge is 1.80. The Morgan fingerprint density at radius 1 is 1.00 bits per heavy atom. The van der Waals surface area contributed by atoms with Crippen LogP contribution in [0.2, 0.25) is 0 Å². The fraction of sp³-hybridized carbons (Fsp3) is 0.818. The van der Waals surface area contributed by atoms with Gasteiger partial charge in [-0.1, -0.05) is 41.9 Å². The summed E-state index contributed by atoms with van der Waals surface area (Å²) in [7, 11) is 1.67. The first-order chi connectivity index (χ1) is 4.41. The molecule has 0 aromatic carbocycles. The first kappa shape index (κ1) is 29.3. The standard InChI is InChI=1S/C7H14O2.4CH4/c1-3-4-5-9-7-6-8-2;;;;/h3-4H,5-7H2,1-2H3;4*1H4. The largest absolute Gasteiger partial charge is 0.382 e. The van der Waals surface area contributed by atoms with Gasteiger partial charge in [0.25, 0.3) is 0 Å². The van der Waals surface area contributed by atoms with Gasteiger partial charge >= 0.3 is 0 Å². The summed E-state index contributed by atoms with van der Waals surface area (Å²) in [5, 5.41) is 0. The Kier molecular flexibility index (Phi) is 67.4. The van der Waals surface area contributed by atoms with Crippen molar-refractivity contribution >= 4 is 0 Å². The second-order valence-corrected chi connectivity index (χ2v) is 1.64. The Bertz CT molecular complexity index is 70.5. The lowest BCUT2D eigenvalue weighted by Crippen LogP contribution is -2.00. The van der Waals surface area contributed by atoms with Crippen LogP contribution in [0.15, 0.2) is 12.2 Å². The molecule has 0 unspecified atom stereocenters. The molecule has 2 nitrogen and oxygen atoms in total. The van der Waals surface area contributed by atoms with Crippen molar-refractivity contribution in [2.75, 3.05) is 26.9 Å². The molecule has 0 spiro atoms. The Balaban J connectivity index is -0.0000000533. The van der Waals surface area contributed by atoms with Crippen molar-refractivity contribution in [1.82, 2.24) is 0 Å². The lowest BCUT2D eigenvalue weighted by Gasteiger charge is -1.97. The van der Waals surface area contributed by atoms with Crippen molar-refractivity contribution in [3.05, 3.63) is 12.2 Å². The summed E-state index contributed by atoms with van der Waals surface area (Å²) >= 11 is 0. The van der Waals surface area contributed by atoms with Crippen LogP contribution in [0.1, 0.15) is 36.6 Å². The molecule has 0 radical (unpaired) electrons. The minimum Gasteiger partial charge on any atom is -0.382 e. The molecule has 0 aliphatic rings. The van der Waals surface area contributed by atoms with Crippen LogP contribution in [0, 0.1) is 0 Å². The van der Waals surface area contributed by atoms with Crippen molar-refractivity contribution < 1.29 is 9.47 Å². The van der Waals surface area contributed by atoms with Crippen molar-refractivity contribution in [2.45, 2.75) is 36.6 Å². The predicted octanol–water partition coefficient (Wildman–Crippen LogP) is 3.77. The smallest absolute Gasteiger partial charge is 0.0704 e. The van der Waals surface area contributed by atoms with Crippen LogP contribution in [0.4, 0.5) is 0 Å². The van der Waals surface area contributed by atoms with E-state index in [1.807, 2.05) is 19.1 Å². The molecule has 0 aromatic rings. The summed E-state index contributed by atoms with van der Waals surface area (Å²) in [4.78, 5) is 0. The Morgan fingerprint density at radius 2 is 1.54 bits per heavy atom. The van der Waals surface area contributed by atoms with Crippen molar-refractivity contribution in [3.63, 3.8) is 0 Å². The van der Waals surface area contributed by atoms with Crippen molar-refractivity contribution in [1.29, 1.82) is 0 Å². The summed E-state index contributed by atoms with van der Waals surface area (Å²) in [5.41, 5.74) is 0. The van der Waals surface area contributed by atoms with Gasteiger partial charge in [-0.25, -0.2) is 0 Å². The highest BCUT2D eigenvalue weighted by atomic mass is 16.5. The summed E-state index contributed by atoms with van der Waals surface area (Å²) < 4.78 is 9.88. The fourth-order valence-corrected chi connectivity index (χ4v) is 0.390. The number of methoxy groups -OCH3 is 1. The average Bonchev–Trinajstić information content (AvgIpc) is 1.89. The molecule has 0 saturated heterocycles. The second kappa shape index (κ2) is 29.9. The third-order valence-corrected chi connectivity index (χ3v) is 0.882. The minimum atomic E-state index is 0. The van der Waals surface area contributed by atoms with Crippen LogP contribution in [0.3, 0.4) is 0 Å². The number of rotatable bonds is 5. The molecule has 2 heteroatoms. The minimum absolute atomic E-state index is 0. The molecule has 0 aliphatic carbocycles. The van der Waals surface area contributed by atoms with E-state index in [1.165, 1.54) is 0 Å². The van der Waals surface area contributed by atoms with Gasteiger partial charge in [-0.3, -0.25) is 0 Å². The Labute approximate surface area is 85.9 Å². The number of hydrogen-bond donors (Lipinski definition) is 0. The van der Waals surface area contributed by atoms with E-state index < -0.39 is 0 Å². The zero-order valence-electron chi connectivity index (χ0n) is 6.09. The molecule has 0 rings (SSSR count). The van der Waals surface area contributed by atoms with Gasteiger partial charge in [-0.05, 0) is 6.92 Å². The molecule has 0 aromatic heterocycles. The van der Waals surface area contributed by atoms with E-state index in [1.54, 1.807) is 7.11 Å². The van der Waals surface area contributed by atoms with Crippen LogP contribution in [-0.4, -0.2) is 26.9 Å². The summed E-state index contributed by atoms with van der Waals surface area (Å²) in [6.07, 6.45) is 3.93. The maximum absolute atomic E-state index is 5.10. The van der Waals surface area contributed by atoms with E-state index in [9.17, 15) is 0 Å². The van der Waals surface area contributed by atoms with Gasteiger partial charge < -0.3 is 9.47 Å². The molecule has 13 heavy (non-hydrogen) atoms. The van der Waals surface area contributed by atoms with E-state index in [4.69, 9.17) is 9.47 Å². The van der Waals surface area contributed by atoms with Gasteiger partial charge in [0.15, 0.2) is 0 Å². The number of ether oxygens (including phenoxy) is 2. The van der Waals surface area contributed by atoms with Gasteiger partial charge in [0.1, 0.15) is 0 Å². The molecular weight excluding hydrogens is 164 g/mol. The molecule has 0 N–H and O–H groups in total. The van der Waals surface area contributed by atoms with Gasteiger partial charge in [-0.15, -0.1) is 0 Å². The van der Waals surface area contributed by atoms with Crippen LogP contribution in [-0.2, 0) is 9.47 Å². The third-order valence-electron chi connectivity index (χ3n) is 0.882. The van der Waals surface area contributed by atoms with Crippen LogP contribution >= 0.6 is 0 Å². The summed E-state index contributed by atoms with van der Waals surface area (Å²) in [5.74, 6) is 0. The van der Waals surface area contributed by atoms with Crippen molar-refractivity contribution in [3.8, 4) is 0 Å². The quantitative estimate of drug-likeness (QED) is 0.490. The van der Waals surface area contributed by atoms with Gasteiger partial charge in [0, 0.05) is 7.11 Å². The summed E-state index contributed by atoms with van der Waals surface area (Å²) in [6.45, 7) is 4.03. The van der Waals surface area contributed by atoms with Crippen LogP contribution < -0.4 is 0 Å². The number of allylic oxidation sites excluding steroid dienone is 1. The lowest BCUT2D eigenvalue weighted by molar-refractivity contribution is 0.0853. The number of hydrogen-bond acceptors (Lipinski definition) is 2. The Hall–Kier alpha value is -0.340. The average molecular weight is 194 g/mol. The molecule has 0 fully saturated rings. The topological polar surface area (TPSA) is 18.5 Å². The Morgan fingerprint density at radius 3 is 1.92 bits per heavy atom. The molecule has 86 valence electrons. The maximum Gasteiger partial charge on any atom is 0.0704 e. The van der Waals surface area contributed by atoms with E-state index in [0.717, 1.165) is 0 Å². The molecule has 0 amide bonds. The van der Waals surface area contributed by atoms with E-state index >= 15 is 0 Å². The second-order valence-electron chi connectivity index (χ2n) is 1.64. The molecule has 0 heterocycles. The third kappa shape index (κ3) is 34.0. The SMILES string of the molecule is C.C.C.C.CC=CCOCCOC. The monoisotopic (exact) mass is 194 g/mol. The van der Waals surface area contributed by atoms with E-state index in [2.05, 4.69) is 0 Å². The van der Waals surface area contributed by atoms with Crippen LogP contribution in [0.5, 0.6) is 0 Å². The predicted molar refractivity (Wildman–Crippen MR) is 64.4 cm³/mol. The zero-order chi connectivity index (χ0) is 6.95. The first-order valence-corrected chi connectivity index (χ1v) is 3.09. The molecule has 0 aliphatic heterocycles. The zero-order valence-corrected chi connectivity index (χ0v) is 6.09. The fourth-order valence-electron chi connectivity index (χ4n) is 0.390. The van der Waals surface area contributed by atoms with Gasteiger partial charge in [-0.2, -0.15) is 0 Å². The summed E-state index contributed by atoms with van der Waals surface area (Å²) in [6, 6.07) is 0. The van der Waals surface area contributed by atoms with Crippen LogP contribution in [0.25, 0.3) is 0 Å². The first-order valence-electron chi connectivity index (χ1n) is 3.09. The van der Waals surface area contributed by atoms with Gasteiger partial charge in [0.2, 0.25) is 0 Å². The molecule has 0 saturated carbocycles. The normalized spacial score (nSPS) is 7.54. The molecular formula is C11H30O2. The van der Waals surface area contributed by atoms with E-state index in [-0.39, 0.29) is 29.7 Å². The van der Waals surface area contributed by atoms with E-state index in [0.29, 0.717) is 19.8 Å². The van der Waals surface area contributed by atoms with Crippen molar-refractivity contribution in [2.24, 2.45) is 0 Å². The highest BCUT2D eigenvalue weighted by molar-refractivity contribution is 4.75.